The molecule has 12 heteroatoms. The topological polar surface area (TPSA) is 96.5 Å². The number of ether oxygens (including phenoxy) is 1. The summed E-state index contributed by atoms with van der Waals surface area (Å²) >= 11 is 0. The number of halogens is 4. The smallest absolute Gasteiger partial charge is 0.406 e. The molecule has 1 atom stereocenters. The van der Waals surface area contributed by atoms with Crippen molar-refractivity contribution in [2.45, 2.75) is 36.6 Å². The van der Waals surface area contributed by atoms with Gasteiger partial charge in [0.1, 0.15) is 5.75 Å². The van der Waals surface area contributed by atoms with Crippen LogP contribution in [0.2, 0.25) is 0 Å². The normalized spacial score (nSPS) is 17.2. The van der Waals surface area contributed by atoms with E-state index >= 15 is 0 Å². The summed E-state index contributed by atoms with van der Waals surface area (Å²) in [5.41, 5.74) is 0. The summed E-state index contributed by atoms with van der Waals surface area (Å²) in [4.78, 5) is 11.5. The van der Waals surface area contributed by atoms with E-state index in [0.29, 0.717) is 6.54 Å². The second-order valence-electron chi connectivity index (χ2n) is 5.76. The highest BCUT2D eigenvalue weighted by Crippen LogP contribution is 2.23. The van der Waals surface area contributed by atoms with Crippen LogP contribution in [-0.2, 0) is 14.8 Å². The summed E-state index contributed by atoms with van der Waals surface area (Å²) < 4.78 is 66.3. The van der Waals surface area contributed by atoms with Gasteiger partial charge in [0.25, 0.3) is 0 Å². The highest BCUT2D eigenvalue weighted by molar-refractivity contribution is 7.89. The van der Waals surface area contributed by atoms with Gasteiger partial charge in [-0.1, -0.05) is 0 Å². The van der Waals surface area contributed by atoms with Gasteiger partial charge in [-0.05, 0) is 43.7 Å². The Balaban J connectivity index is 0.00000364. The second kappa shape index (κ2) is 10.1. The van der Waals surface area contributed by atoms with Crippen molar-refractivity contribution in [1.82, 2.24) is 15.4 Å². The zero-order chi connectivity index (χ0) is 19.2. The van der Waals surface area contributed by atoms with Crippen LogP contribution in [0.15, 0.2) is 29.2 Å². The third-order valence-electron chi connectivity index (χ3n) is 3.72. The number of alkyl halides is 3. The molecule has 1 aliphatic heterocycles. The fourth-order valence-corrected chi connectivity index (χ4v) is 3.49. The average molecular weight is 432 g/mol. The summed E-state index contributed by atoms with van der Waals surface area (Å²) in [7, 11) is -3.93. The maximum Gasteiger partial charge on any atom is 0.573 e. The Kier molecular flexibility index (Phi) is 8.79. The Hall–Kier alpha value is -1.56. The Labute approximate surface area is 161 Å². The lowest BCUT2D eigenvalue weighted by atomic mass is 10.2. The summed E-state index contributed by atoms with van der Waals surface area (Å²) in [6.07, 6.45) is -2.84. The van der Waals surface area contributed by atoms with Gasteiger partial charge in [-0.3, -0.25) is 4.79 Å². The van der Waals surface area contributed by atoms with Gasteiger partial charge in [-0.2, -0.15) is 0 Å². The predicted octanol–water partition coefficient (Wildman–Crippen LogP) is 1.54. The average Bonchev–Trinajstić information content (AvgIpc) is 3.05. The Morgan fingerprint density at radius 3 is 2.48 bits per heavy atom. The van der Waals surface area contributed by atoms with Crippen LogP contribution in [-0.4, -0.2) is 46.4 Å². The molecule has 1 fully saturated rings. The summed E-state index contributed by atoms with van der Waals surface area (Å²) in [5.74, 6) is -0.799. The third kappa shape index (κ3) is 8.33. The summed E-state index contributed by atoms with van der Waals surface area (Å²) in [6, 6.07) is 4.05. The quantitative estimate of drug-likeness (QED) is 0.580. The Bertz CT molecular complexity index is 708. The molecule has 0 radical (unpaired) electrons. The fourth-order valence-electron chi connectivity index (χ4n) is 2.46. The summed E-state index contributed by atoms with van der Waals surface area (Å²) in [6.45, 7) is 1.30. The molecule has 154 valence electrons. The Morgan fingerprint density at radius 1 is 1.26 bits per heavy atom. The molecule has 1 amide bonds. The van der Waals surface area contributed by atoms with E-state index in [1.54, 1.807) is 0 Å². The van der Waals surface area contributed by atoms with E-state index in [1.165, 1.54) is 0 Å². The lowest BCUT2D eigenvalue weighted by Gasteiger charge is -2.12. The molecule has 2 rings (SSSR count). The molecule has 1 unspecified atom stereocenters. The van der Waals surface area contributed by atoms with E-state index in [-0.39, 0.29) is 42.2 Å². The second-order valence-corrected chi connectivity index (χ2v) is 7.53. The van der Waals surface area contributed by atoms with Gasteiger partial charge in [-0.25, -0.2) is 13.1 Å². The molecule has 0 saturated carbocycles. The van der Waals surface area contributed by atoms with Crippen molar-refractivity contribution in [3.63, 3.8) is 0 Å². The van der Waals surface area contributed by atoms with Gasteiger partial charge < -0.3 is 15.4 Å². The Morgan fingerprint density at radius 2 is 1.93 bits per heavy atom. The van der Waals surface area contributed by atoms with Crippen molar-refractivity contribution < 1.29 is 31.1 Å². The number of amides is 1. The highest BCUT2D eigenvalue weighted by Gasteiger charge is 2.31. The molecule has 3 N–H and O–H groups in total. The number of carbonyl (C=O) groups is 1. The van der Waals surface area contributed by atoms with E-state index in [9.17, 15) is 26.4 Å². The molecular formula is C15H21ClF3N3O4S. The molecule has 27 heavy (non-hydrogen) atoms. The van der Waals surface area contributed by atoms with Crippen molar-refractivity contribution in [2.75, 3.05) is 19.6 Å². The van der Waals surface area contributed by atoms with Gasteiger partial charge in [0.2, 0.25) is 15.9 Å². The third-order valence-corrected chi connectivity index (χ3v) is 5.20. The maximum atomic E-state index is 12.1. The molecule has 0 aliphatic carbocycles. The zero-order valence-corrected chi connectivity index (χ0v) is 15.8. The maximum absolute atomic E-state index is 12.1. The van der Waals surface area contributed by atoms with Crippen molar-refractivity contribution in [1.29, 1.82) is 0 Å². The van der Waals surface area contributed by atoms with Crippen LogP contribution in [0.4, 0.5) is 13.2 Å². The van der Waals surface area contributed by atoms with Crippen molar-refractivity contribution in [3.05, 3.63) is 24.3 Å². The van der Waals surface area contributed by atoms with Gasteiger partial charge in [0.05, 0.1) is 4.90 Å². The molecule has 1 aromatic carbocycles. The van der Waals surface area contributed by atoms with Crippen LogP contribution < -0.4 is 20.1 Å². The van der Waals surface area contributed by atoms with E-state index in [1.807, 2.05) is 0 Å². The molecule has 0 bridgehead atoms. The molecular weight excluding hydrogens is 411 g/mol. The van der Waals surface area contributed by atoms with Crippen LogP contribution in [0.5, 0.6) is 5.75 Å². The summed E-state index contributed by atoms with van der Waals surface area (Å²) in [5, 5.41) is 5.95. The number of sulfonamides is 1. The molecule has 0 aromatic heterocycles. The first kappa shape index (κ1) is 23.5. The van der Waals surface area contributed by atoms with E-state index in [2.05, 4.69) is 20.1 Å². The van der Waals surface area contributed by atoms with Crippen LogP contribution in [0.1, 0.15) is 19.3 Å². The number of benzene rings is 1. The minimum atomic E-state index is -4.85. The van der Waals surface area contributed by atoms with Crippen molar-refractivity contribution in [3.8, 4) is 5.75 Å². The number of nitrogens with one attached hydrogen (secondary N) is 3. The van der Waals surface area contributed by atoms with Crippen molar-refractivity contribution >= 4 is 28.3 Å². The first-order chi connectivity index (χ1) is 12.2. The van der Waals surface area contributed by atoms with Crippen LogP contribution in [0.25, 0.3) is 0 Å². The molecule has 1 heterocycles. The van der Waals surface area contributed by atoms with Gasteiger partial charge in [-0.15, -0.1) is 25.6 Å². The number of rotatable bonds is 8. The van der Waals surface area contributed by atoms with Gasteiger partial charge >= 0.3 is 6.36 Å². The first-order valence-electron chi connectivity index (χ1n) is 8.01. The molecule has 1 aliphatic rings. The van der Waals surface area contributed by atoms with Crippen LogP contribution in [0.3, 0.4) is 0 Å². The SMILES string of the molecule is Cl.O=C(CCNS(=O)(=O)c1ccc(OC(F)(F)F)cc1)NCC1CCCN1. The van der Waals surface area contributed by atoms with E-state index < -0.39 is 22.1 Å². The lowest BCUT2D eigenvalue weighted by molar-refractivity contribution is -0.274. The highest BCUT2D eigenvalue weighted by atomic mass is 35.5. The van der Waals surface area contributed by atoms with Crippen LogP contribution in [0, 0.1) is 0 Å². The number of hydrogen-bond donors (Lipinski definition) is 3. The molecule has 0 spiro atoms. The monoisotopic (exact) mass is 431 g/mol. The number of hydrogen-bond acceptors (Lipinski definition) is 5. The van der Waals surface area contributed by atoms with Crippen molar-refractivity contribution in [2.24, 2.45) is 0 Å². The fraction of sp³-hybridized carbons (Fsp3) is 0.533. The predicted molar refractivity (Wildman–Crippen MR) is 94.2 cm³/mol. The lowest BCUT2D eigenvalue weighted by Crippen LogP contribution is -2.38. The van der Waals surface area contributed by atoms with E-state index in [0.717, 1.165) is 43.7 Å². The molecule has 1 saturated heterocycles. The largest absolute Gasteiger partial charge is 0.573 e. The van der Waals surface area contributed by atoms with Gasteiger partial charge in [0.15, 0.2) is 0 Å². The standard InChI is InChI=1S/C15H20F3N3O4S.ClH/c16-15(17,18)25-12-3-5-13(6-4-12)26(23,24)21-9-7-14(22)20-10-11-2-1-8-19-11;/h3-6,11,19,21H,1-2,7-10H2,(H,20,22);1H. The minimum Gasteiger partial charge on any atom is -0.406 e. The zero-order valence-electron chi connectivity index (χ0n) is 14.2. The molecule has 1 aromatic rings. The molecule has 7 nitrogen and oxygen atoms in total. The van der Waals surface area contributed by atoms with Crippen LogP contribution >= 0.6 is 12.4 Å². The van der Waals surface area contributed by atoms with Gasteiger partial charge in [0, 0.05) is 25.6 Å². The number of carbonyl (C=O) groups excluding carboxylic acids is 1. The first-order valence-corrected chi connectivity index (χ1v) is 9.49. The van der Waals surface area contributed by atoms with E-state index in [4.69, 9.17) is 0 Å². The minimum absolute atomic E-state index is 0.